The number of aromatic nitrogens is 1. The van der Waals surface area contributed by atoms with Crippen LogP contribution < -0.4 is 9.21 Å². The first kappa shape index (κ1) is 22.9. The Balaban J connectivity index is 1.52. The number of sulfonamides is 1. The summed E-state index contributed by atoms with van der Waals surface area (Å²) in [5, 5.41) is 1.65. The number of carbonyl (C=O) groups is 1. The minimum Gasteiger partial charge on any atom is -0.361 e. The number of hydrogen-bond donors (Lipinski definition) is 1. The molecule has 0 aliphatic heterocycles. The van der Waals surface area contributed by atoms with Crippen LogP contribution in [0.1, 0.15) is 11.1 Å². The molecule has 0 unspecified atom stereocenters. The number of fused-ring (bicyclic) bond motifs is 1. The molecule has 0 saturated heterocycles. The number of H-pyrrole nitrogens is 1. The molecule has 0 aliphatic carbocycles. The van der Waals surface area contributed by atoms with E-state index in [0.29, 0.717) is 34.9 Å². The van der Waals surface area contributed by atoms with E-state index in [-0.39, 0.29) is 6.54 Å². The van der Waals surface area contributed by atoms with Crippen LogP contribution in [-0.2, 0) is 27.8 Å². The molecule has 170 valence electrons. The van der Waals surface area contributed by atoms with E-state index < -0.39 is 10.0 Å². The van der Waals surface area contributed by atoms with Gasteiger partial charge in [-0.05, 0) is 53.9 Å². The highest BCUT2D eigenvalue weighted by molar-refractivity contribution is 7.92. The van der Waals surface area contributed by atoms with Crippen molar-refractivity contribution in [3.8, 4) is 0 Å². The summed E-state index contributed by atoms with van der Waals surface area (Å²) in [4.78, 5) is 16.6. The standard InChI is InChI=1S/C25H24ClN3O3S/c1-33(31,32)29(17-20-6-2-4-8-24(20)26)22-12-10-21(11-13-22)28(18-30)15-14-19-16-27-25-9-5-3-7-23(19)25/h2-13,16,18,27H,14-15,17H2,1H3. The van der Waals surface area contributed by atoms with Crippen molar-refractivity contribution >= 4 is 50.3 Å². The second-order valence-electron chi connectivity index (χ2n) is 7.79. The van der Waals surface area contributed by atoms with Crippen molar-refractivity contribution in [1.29, 1.82) is 0 Å². The van der Waals surface area contributed by atoms with Gasteiger partial charge in [-0.3, -0.25) is 9.10 Å². The summed E-state index contributed by atoms with van der Waals surface area (Å²) in [5.41, 5.74) is 4.11. The van der Waals surface area contributed by atoms with Crippen molar-refractivity contribution in [3.05, 3.63) is 95.1 Å². The summed E-state index contributed by atoms with van der Waals surface area (Å²) < 4.78 is 26.3. The molecule has 8 heteroatoms. The molecule has 0 radical (unpaired) electrons. The van der Waals surface area contributed by atoms with Crippen molar-refractivity contribution in [2.24, 2.45) is 0 Å². The number of para-hydroxylation sites is 1. The number of nitrogens with zero attached hydrogens (tertiary/aromatic N) is 2. The number of aromatic amines is 1. The lowest BCUT2D eigenvalue weighted by molar-refractivity contribution is -0.107. The van der Waals surface area contributed by atoms with Crippen LogP contribution in [0.3, 0.4) is 0 Å². The van der Waals surface area contributed by atoms with Crippen LogP contribution in [0, 0.1) is 0 Å². The van der Waals surface area contributed by atoms with E-state index in [4.69, 9.17) is 11.6 Å². The van der Waals surface area contributed by atoms with E-state index in [1.165, 1.54) is 4.31 Å². The van der Waals surface area contributed by atoms with Gasteiger partial charge >= 0.3 is 0 Å². The summed E-state index contributed by atoms with van der Waals surface area (Å²) in [6, 6.07) is 22.1. The Hall–Kier alpha value is -3.29. The number of amides is 1. The third kappa shape index (κ3) is 5.21. The highest BCUT2D eigenvalue weighted by Gasteiger charge is 2.19. The number of nitrogens with one attached hydrogen (secondary N) is 1. The van der Waals surface area contributed by atoms with Crippen LogP contribution in [0.4, 0.5) is 11.4 Å². The quantitative estimate of drug-likeness (QED) is 0.342. The van der Waals surface area contributed by atoms with Crippen LogP contribution in [-0.4, -0.2) is 32.6 Å². The van der Waals surface area contributed by atoms with Gasteiger partial charge < -0.3 is 9.88 Å². The monoisotopic (exact) mass is 481 g/mol. The van der Waals surface area contributed by atoms with E-state index in [0.717, 1.165) is 29.1 Å². The highest BCUT2D eigenvalue weighted by Crippen LogP contribution is 2.27. The smallest absolute Gasteiger partial charge is 0.232 e. The van der Waals surface area contributed by atoms with E-state index in [1.54, 1.807) is 47.4 Å². The van der Waals surface area contributed by atoms with Crippen molar-refractivity contribution in [1.82, 2.24) is 4.98 Å². The van der Waals surface area contributed by atoms with Crippen molar-refractivity contribution < 1.29 is 13.2 Å². The molecule has 0 aliphatic rings. The van der Waals surface area contributed by atoms with E-state index in [2.05, 4.69) is 11.1 Å². The van der Waals surface area contributed by atoms with E-state index in [9.17, 15) is 13.2 Å². The molecular formula is C25H24ClN3O3S. The van der Waals surface area contributed by atoms with Crippen LogP contribution in [0.2, 0.25) is 5.02 Å². The molecule has 1 amide bonds. The Morgan fingerprint density at radius 1 is 0.909 bits per heavy atom. The first-order valence-corrected chi connectivity index (χ1v) is 12.7. The lowest BCUT2D eigenvalue weighted by Gasteiger charge is -2.24. The second-order valence-corrected chi connectivity index (χ2v) is 10.1. The fourth-order valence-corrected chi connectivity index (χ4v) is 4.89. The Morgan fingerprint density at radius 2 is 1.58 bits per heavy atom. The Morgan fingerprint density at radius 3 is 2.27 bits per heavy atom. The number of benzene rings is 3. The lowest BCUT2D eigenvalue weighted by atomic mass is 10.1. The molecular weight excluding hydrogens is 458 g/mol. The van der Waals surface area contributed by atoms with Crippen molar-refractivity contribution in [2.75, 3.05) is 22.0 Å². The van der Waals surface area contributed by atoms with Gasteiger partial charge in [0.05, 0.1) is 18.5 Å². The largest absolute Gasteiger partial charge is 0.361 e. The zero-order chi connectivity index (χ0) is 23.4. The molecule has 0 atom stereocenters. The second kappa shape index (κ2) is 9.68. The minimum absolute atomic E-state index is 0.121. The van der Waals surface area contributed by atoms with Gasteiger partial charge in [0.15, 0.2) is 0 Å². The van der Waals surface area contributed by atoms with Gasteiger partial charge in [0.1, 0.15) is 0 Å². The van der Waals surface area contributed by atoms with Crippen molar-refractivity contribution in [2.45, 2.75) is 13.0 Å². The summed E-state index contributed by atoms with van der Waals surface area (Å²) in [6.45, 7) is 0.621. The topological polar surface area (TPSA) is 73.5 Å². The number of anilines is 2. The Bertz CT molecular complexity index is 1370. The third-order valence-corrected chi connectivity index (χ3v) is 7.07. The van der Waals surface area contributed by atoms with Crippen LogP contribution in [0.5, 0.6) is 0 Å². The van der Waals surface area contributed by atoms with E-state index >= 15 is 0 Å². The molecule has 0 saturated carbocycles. The van der Waals surface area contributed by atoms with Gasteiger partial charge in [-0.1, -0.05) is 48.0 Å². The molecule has 33 heavy (non-hydrogen) atoms. The molecule has 1 N–H and O–H groups in total. The fourth-order valence-electron chi connectivity index (χ4n) is 3.81. The van der Waals surface area contributed by atoms with Crippen LogP contribution in [0.25, 0.3) is 10.9 Å². The summed E-state index contributed by atoms with van der Waals surface area (Å²) >= 11 is 6.24. The number of halogens is 1. The van der Waals surface area contributed by atoms with Gasteiger partial charge in [-0.2, -0.15) is 0 Å². The van der Waals surface area contributed by atoms with Gasteiger partial charge in [0.25, 0.3) is 0 Å². The molecule has 1 aromatic heterocycles. The SMILES string of the molecule is CS(=O)(=O)N(Cc1ccccc1Cl)c1ccc(N(C=O)CCc2c[nH]c3ccccc23)cc1. The van der Waals surface area contributed by atoms with Gasteiger partial charge in [0, 0.05) is 34.4 Å². The predicted octanol–water partition coefficient (Wildman–Crippen LogP) is 4.99. The molecule has 1 heterocycles. The molecule has 0 fully saturated rings. The molecule has 0 bridgehead atoms. The average molecular weight is 482 g/mol. The predicted molar refractivity (Wildman–Crippen MR) is 134 cm³/mol. The maximum absolute atomic E-state index is 12.5. The molecule has 4 aromatic rings. The number of rotatable bonds is 9. The zero-order valence-corrected chi connectivity index (χ0v) is 19.7. The molecule has 4 rings (SSSR count). The average Bonchev–Trinajstić information content (AvgIpc) is 3.22. The number of hydrogen-bond acceptors (Lipinski definition) is 3. The van der Waals surface area contributed by atoms with Crippen LogP contribution >= 0.6 is 11.6 Å². The molecule has 6 nitrogen and oxygen atoms in total. The first-order chi connectivity index (χ1) is 15.9. The Kier molecular flexibility index (Phi) is 6.72. The summed E-state index contributed by atoms with van der Waals surface area (Å²) in [6.07, 6.45) is 4.61. The summed E-state index contributed by atoms with van der Waals surface area (Å²) in [5.74, 6) is 0. The van der Waals surface area contributed by atoms with Gasteiger partial charge in [-0.15, -0.1) is 0 Å². The maximum Gasteiger partial charge on any atom is 0.232 e. The van der Waals surface area contributed by atoms with Crippen LogP contribution in [0.15, 0.2) is 79.0 Å². The zero-order valence-electron chi connectivity index (χ0n) is 18.1. The van der Waals surface area contributed by atoms with Crippen molar-refractivity contribution in [3.63, 3.8) is 0 Å². The van der Waals surface area contributed by atoms with Gasteiger partial charge in [-0.25, -0.2) is 8.42 Å². The maximum atomic E-state index is 12.5. The summed E-state index contributed by atoms with van der Waals surface area (Å²) in [7, 11) is -3.54. The normalized spacial score (nSPS) is 11.5. The fraction of sp³-hybridized carbons (Fsp3) is 0.160. The minimum atomic E-state index is -3.54. The lowest BCUT2D eigenvalue weighted by Crippen LogP contribution is -2.29. The van der Waals surface area contributed by atoms with E-state index in [1.807, 2.05) is 30.5 Å². The first-order valence-electron chi connectivity index (χ1n) is 10.4. The number of carbonyl (C=O) groups excluding carboxylic acids is 1. The van der Waals surface area contributed by atoms with Gasteiger partial charge in [0.2, 0.25) is 16.4 Å². The molecule has 3 aromatic carbocycles. The molecule has 0 spiro atoms. The highest BCUT2D eigenvalue weighted by atomic mass is 35.5. The Labute approximate surface area is 198 Å². The third-order valence-electron chi connectivity index (χ3n) is 5.57.